The Morgan fingerprint density at radius 1 is 1.44 bits per heavy atom. The van der Waals surface area contributed by atoms with Crippen LogP contribution in [0.5, 0.6) is 0 Å². The van der Waals surface area contributed by atoms with Crippen molar-refractivity contribution in [2.45, 2.75) is 39.2 Å². The van der Waals surface area contributed by atoms with Crippen molar-refractivity contribution in [2.24, 2.45) is 18.9 Å². The van der Waals surface area contributed by atoms with Crippen LogP contribution < -0.4 is 5.32 Å². The minimum Gasteiger partial charge on any atom is -0.338 e. The molecule has 1 aromatic heterocycles. The lowest BCUT2D eigenvalue weighted by Crippen LogP contribution is -2.28. The maximum Gasteiger partial charge on any atom is 0.108 e. The van der Waals surface area contributed by atoms with Crippen LogP contribution in [-0.4, -0.2) is 22.1 Å². The Kier molecular flexibility index (Phi) is 3.64. The lowest BCUT2D eigenvalue weighted by Gasteiger charge is -2.20. The van der Waals surface area contributed by atoms with E-state index in [1.165, 1.54) is 18.7 Å². The first-order valence-corrected chi connectivity index (χ1v) is 6.36. The van der Waals surface area contributed by atoms with Crippen LogP contribution in [0.25, 0.3) is 0 Å². The maximum atomic E-state index is 4.39. The summed E-state index contributed by atoms with van der Waals surface area (Å²) in [6, 6.07) is 0.822. The molecule has 0 aromatic carbocycles. The molecule has 0 radical (unpaired) electrons. The van der Waals surface area contributed by atoms with Gasteiger partial charge in [0.1, 0.15) is 5.82 Å². The molecule has 3 heteroatoms. The Morgan fingerprint density at radius 2 is 2.19 bits per heavy atom. The molecule has 0 saturated heterocycles. The molecule has 2 unspecified atom stereocenters. The van der Waals surface area contributed by atoms with Crippen LogP contribution in [0.2, 0.25) is 0 Å². The first-order chi connectivity index (χ1) is 7.66. The molecule has 1 heterocycles. The molecule has 2 rings (SSSR count). The van der Waals surface area contributed by atoms with Gasteiger partial charge in [0.05, 0.1) is 0 Å². The molecule has 0 aliphatic heterocycles. The zero-order valence-corrected chi connectivity index (χ0v) is 10.6. The molecule has 0 spiro atoms. The highest BCUT2D eigenvalue weighted by Crippen LogP contribution is 2.21. The third-order valence-corrected chi connectivity index (χ3v) is 3.70. The van der Waals surface area contributed by atoms with Crippen LogP contribution in [0.1, 0.15) is 32.5 Å². The van der Waals surface area contributed by atoms with Crippen molar-refractivity contribution in [3.05, 3.63) is 18.2 Å². The summed E-state index contributed by atoms with van der Waals surface area (Å²) in [6.45, 7) is 5.81. The summed E-state index contributed by atoms with van der Waals surface area (Å²) < 4.78 is 2.12. The van der Waals surface area contributed by atoms with Crippen molar-refractivity contribution in [1.29, 1.82) is 0 Å². The molecular weight excluding hydrogens is 198 g/mol. The van der Waals surface area contributed by atoms with Crippen LogP contribution in [0.15, 0.2) is 12.4 Å². The fraction of sp³-hybridized carbons (Fsp3) is 0.769. The molecule has 0 amide bonds. The largest absolute Gasteiger partial charge is 0.338 e. The first kappa shape index (κ1) is 11.6. The van der Waals surface area contributed by atoms with E-state index in [-0.39, 0.29) is 0 Å². The zero-order chi connectivity index (χ0) is 11.5. The summed E-state index contributed by atoms with van der Waals surface area (Å²) >= 11 is 0. The Bertz CT molecular complexity index is 328. The Labute approximate surface area is 98.3 Å². The quantitative estimate of drug-likeness (QED) is 0.796. The highest BCUT2D eigenvalue weighted by Gasteiger charge is 2.22. The highest BCUT2D eigenvalue weighted by atomic mass is 15.0. The zero-order valence-electron chi connectivity index (χ0n) is 10.6. The number of nitrogens with one attached hydrogen (secondary N) is 1. The fourth-order valence-electron chi connectivity index (χ4n) is 1.92. The molecule has 16 heavy (non-hydrogen) atoms. The van der Waals surface area contributed by atoms with Crippen molar-refractivity contribution in [1.82, 2.24) is 14.9 Å². The number of hydrogen-bond donors (Lipinski definition) is 1. The van der Waals surface area contributed by atoms with Crippen LogP contribution in [0.4, 0.5) is 0 Å². The molecule has 3 nitrogen and oxygen atoms in total. The van der Waals surface area contributed by atoms with Crippen molar-refractivity contribution in [3.63, 3.8) is 0 Å². The molecule has 1 aliphatic rings. The summed E-state index contributed by atoms with van der Waals surface area (Å²) in [4.78, 5) is 4.39. The number of aryl methyl sites for hydroxylation is 1. The SMILES string of the molecule is CC(CNC1CC1)C(C)Cc1nccn1C. The van der Waals surface area contributed by atoms with E-state index in [9.17, 15) is 0 Å². The van der Waals surface area contributed by atoms with Crippen LogP contribution in [-0.2, 0) is 13.5 Å². The van der Waals surface area contributed by atoms with E-state index in [4.69, 9.17) is 0 Å². The van der Waals surface area contributed by atoms with Crippen molar-refractivity contribution in [3.8, 4) is 0 Å². The van der Waals surface area contributed by atoms with Gasteiger partial charge < -0.3 is 9.88 Å². The van der Waals surface area contributed by atoms with Gasteiger partial charge in [0.2, 0.25) is 0 Å². The number of hydrogen-bond acceptors (Lipinski definition) is 2. The predicted octanol–water partition coefficient (Wildman–Crippen LogP) is 1.99. The van der Waals surface area contributed by atoms with E-state index in [1.807, 2.05) is 12.4 Å². The molecule has 1 fully saturated rings. The van der Waals surface area contributed by atoms with Gasteiger partial charge in [-0.15, -0.1) is 0 Å². The number of aromatic nitrogens is 2. The first-order valence-electron chi connectivity index (χ1n) is 6.36. The summed E-state index contributed by atoms with van der Waals surface area (Å²) in [7, 11) is 2.07. The van der Waals surface area contributed by atoms with Crippen molar-refractivity contribution < 1.29 is 0 Å². The molecule has 1 aliphatic carbocycles. The smallest absolute Gasteiger partial charge is 0.108 e. The molecule has 1 saturated carbocycles. The van der Waals surface area contributed by atoms with Crippen molar-refractivity contribution >= 4 is 0 Å². The lowest BCUT2D eigenvalue weighted by molar-refractivity contribution is 0.356. The molecule has 90 valence electrons. The van der Waals surface area contributed by atoms with E-state index in [2.05, 4.69) is 35.8 Å². The molecular formula is C13H23N3. The topological polar surface area (TPSA) is 29.9 Å². The monoisotopic (exact) mass is 221 g/mol. The number of imidazole rings is 1. The normalized spacial score (nSPS) is 19.7. The molecule has 2 atom stereocenters. The summed E-state index contributed by atoms with van der Waals surface area (Å²) in [5, 5.41) is 3.60. The van der Waals surface area contributed by atoms with E-state index < -0.39 is 0 Å². The van der Waals surface area contributed by atoms with Gasteiger partial charge in [0.15, 0.2) is 0 Å². The Hall–Kier alpha value is -0.830. The van der Waals surface area contributed by atoms with Crippen molar-refractivity contribution in [2.75, 3.05) is 6.54 Å². The standard InChI is InChI=1S/C13H23N3/c1-10(8-13-14-6-7-16(13)3)11(2)9-15-12-4-5-12/h6-7,10-12,15H,4-5,8-9H2,1-3H3. The third-order valence-electron chi connectivity index (χ3n) is 3.70. The Balaban J connectivity index is 1.77. The minimum absolute atomic E-state index is 0.687. The van der Waals surface area contributed by atoms with E-state index in [1.54, 1.807) is 0 Å². The second-order valence-electron chi connectivity index (χ2n) is 5.30. The van der Waals surface area contributed by atoms with Gasteiger partial charge in [-0.3, -0.25) is 0 Å². The summed E-state index contributed by atoms with van der Waals surface area (Å²) in [5.41, 5.74) is 0. The lowest BCUT2D eigenvalue weighted by atomic mass is 9.92. The fourth-order valence-corrected chi connectivity index (χ4v) is 1.92. The average molecular weight is 221 g/mol. The van der Waals surface area contributed by atoms with Gasteiger partial charge in [-0.1, -0.05) is 13.8 Å². The van der Waals surface area contributed by atoms with E-state index >= 15 is 0 Å². The van der Waals surface area contributed by atoms with Gasteiger partial charge in [0, 0.05) is 31.9 Å². The molecule has 1 aromatic rings. The van der Waals surface area contributed by atoms with Gasteiger partial charge in [-0.2, -0.15) is 0 Å². The van der Waals surface area contributed by atoms with Crippen LogP contribution in [0.3, 0.4) is 0 Å². The van der Waals surface area contributed by atoms with Crippen LogP contribution in [0, 0.1) is 11.8 Å². The van der Waals surface area contributed by atoms with E-state index in [0.717, 1.165) is 24.9 Å². The van der Waals surface area contributed by atoms with E-state index in [0.29, 0.717) is 5.92 Å². The summed E-state index contributed by atoms with van der Waals surface area (Å²) in [5.74, 6) is 2.61. The number of rotatable bonds is 6. The van der Waals surface area contributed by atoms with Gasteiger partial charge in [-0.25, -0.2) is 4.98 Å². The second kappa shape index (κ2) is 5.00. The summed E-state index contributed by atoms with van der Waals surface area (Å²) in [6.07, 6.45) is 7.74. The highest BCUT2D eigenvalue weighted by molar-refractivity contribution is 4.93. The van der Waals surface area contributed by atoms with Gasteiger partial charge in [-0.05, 0) is 31.2 Å². The predicted molar refractivity (Wildman–Crippen MR) is 66.3 cm³/mol. The average Bonchev–Trinajstić information content (AvgIpc) is 3.01. The molecule has 0 bridgehead atoms. The number of nitrogens with zero attached hydrogens (tertiary/aromatic N) is 2. The van der Waals surface area contributed by atoms with Crippen LogP contribution >= 0.6 is 0 Å². The third kappa shape index (κ3) is 3.08. The second-order valence-corrected chi connectivity index (χ2v) is 5.30. The Morgan fingerprint density at radius 3 is 2.75 bits per heavy atom. The maximum absolute atomic E-state index is 4.39. The minimum atomic E-state index is 0.687. The van der Waals surface area contributed by atoms with Gasteiger partial charge >= 0.3 is 0 Å². The van der Waals surface area contributed by atoms with Gasteiger partial charge in [0.25, 0.3) is 0 Å². The molecule has 1 N–H and O–H groups in total.